The van der Waals surface area contributed by atoms with Crippen molar-refractivity contribution in [2.24, 2.45) is 11.3 Å². The van der Waals surface area contributed by atoms with Gasteiger partial charge in [-0.2, -0.15) is 0 Å². The first-order valence-electron chi connectivity index (χ1n) is 5.80. The Kier molecular flexibility index (Phi) is 6.60. The van der Waals surface area contributed by atoms with E-state index in [1.807, 2.05) is 6.92 Å². The van der Waals surface area contributed by atoms with Crippen LogP contribution >= 0.6 is 0 Å². The summed E-state index contributed by atoms with van der Waals surface area (Å²) in [6.07, 6.45) is 0.597. The number of aliphatic hydroxyl groups is 2. The lowest BCUT2D eigenvalue weighted by Crippen LogP contribution is -2.34. The van der Waals surface area contributed by atoms with Crippen molar-refractivity contribution in [3.05, 3.63) is 0 Å². The minimum Gasteiger partial charge on any atom is -0.394 e. The Morgan fingerprint density at radius 3 is 2.38 bits per heavy atom. The zero-order valence-electron chi connectivity index (χ0n) is 10.8. The third kappa shape index (κ3) is 8.68. The summed E-state index contributed by atoms with van der Waals surface area (Å²) in [7, 11) is 0. The minimum absolute atomic E-state index is 0.0655. The Balaban J connectivity index is 3.79. The van der Waals surface area contributed by atoms with Gasteiger partial charge in [0.2, 0.25) is 5.91 Å². The highest BCUT2D eigenvalue weighted by molar-refractivity contribution is 5.76. The molecule has 1 amide bonds. The lowest BCUT2D eigenvalue weighted by atomic mass is 9.84. The molecule has 0 rings (SSSR count). The molecule has 0 aliphatic heterocycles. The minimum atomic E-state index is -0.859. The fraction of sp³-hybridized carbons (Fsp3) is 0.917. The molecular weight excluding hydrogens is 206 g/mol. The van der Waals surface area contributed by atoms with E-state index in [1.54, 1.807) is 0 Å². The van der Waals surface area contributed by atoms with E-state index >= 15 is 0 Å². The van der Waals surface area contributed by atoms with E-state index in [2.05, 4.69) is 26.1 Å². The quantitative estimate of drug-likeness (QED) is 0.636. The molecule has 0 aliphatic rings. The van der Waals surface area contributed by atoms with Crippen LogP contribution in [0.2, 0.25) is 0 Å². The molecule has 4 heteroatoms. The average Bonchev–Trinajstić information content (AvgIpc) is 2.10. The van der Waals surface area contributed by atoms with Gasteiger partial charge in [-0.05, 0) is 17.8 Å². The van der Waals surface area contributed by atoms with Gasteiger partial charge >= 0.3 is 0 Å². The van der Waals surface area contributed by atoms with Crippen LogP contribution in [0.25, 0.3) is 0 Å². The zero-order valence-corrected chi connectivity index (χ0v) is 10.8. The van der Waals surface area contributed by atoms with Gasteiger partial charge in [-0.15, -0.1) is 0 Å². The molecule has 0 radical (unpaired) electrons. The smallest absolute Gasteiger partial charge is 0.220 e. The number of amides is 1. The van der Waals surface area contributed by atoms with E-state index in [9.17, 15) is 4.79 Å². The van der Waals surface area contributed by atoms with Crippen LogP contribution < -0.4 is 5.32 Å². The Hall–Kier alpha value is -0.610. The molecule has 0 saturated heterocycles. The summed E-state index contributed by atoms with van der Waals surface area (Å²) in [4.78, 5) is 11.5. The molecule has 2 unspecified atom stereocenters. The van der Waals surface area contributed by atoms with Crippen LogP contribution in [0.1, 0.15) is 40.5 Å². The van der Waals surface area contributed by atoms with Crippen molar-refractivity contribution in [1.82, 2.24) is 5.32 Å². The predicted octanol–water partition coefficient (Wildman–Crippen LogP) is 0.918. The van der Waals surface area contributed by atoms with E-state index in [-0.39, 0.29) is 24.5 Å². The van der Waals surface area contributed by atoms with Crippen molar-refractivity contribution in [2.75, 3.05) is 13.2 Å². The highest BCUT2D eigenvalue weighted by Gasteiger charge is 2.17. The van der Waals surface area contributed by atoms with Gasteiger partial charge in [0.1, 0.15) is 0 Å². The number of rotatable bonds is 6. The normalized spacial score (nSPS) is 15.6. The predicted molar refractivity (Wildman–Crippen MR) is 64.0 cm³/mol. The van der Waals surface area contributed by atoms with Gasteiger partial charge < -0.3 is 15.5 Å². The summed E-state index contributed by atoms with van der Waals surface area (Å²) in [5, 5.41) is 20.2. The van der Waals surface area contributed by atoms with Crippen LogP contribution in [-0.4, -0.2) is 35.4 Å². The summed E-state index contributed by atoms with van der Waals surface area (Å²) < 4.78 is 0. The second-order valence-corrected chi connectivity index (χ2v) is 5.71. The van der Waals surface area contributed by atoms with Crippen LogP contribution in [-0.2, 0) is 4.79 Å². The maximum Gasteiger partial charge on any atom is 0.220 e. The van der Waals surface area contributed by atoms with Gasteiger partial charge in [-0.1, -0.05) is 27.7 Å². The molecule has 3 N–H and O–H groups in total. The first-order chi connectivity index (χ1) is 7.24. The zero-order chi connectivity index (χ0) is 12.8. The van der Waals surface area contributed by atoms with Gasteiger partial charge in [-0.3, -0.25) is 4.79 Å². The summed E-state index contributed by atoms with van der Waals surface area (Å²) >= 11 is 0. The van der Waals surface area contributed by atoms with Crippen LogP contribution in [0.15, 0.2) is 0 Å². The van der Waals surface area contributed by atoms with Crippen molar-refractivity contribution in [3.8, 4) is 0 Å². The van der Waals surface area contributed by atoms with Crippen molar-refractivity contribution in [3.63, 3.8) is 0 Å². The van der Waals surface area contributed by atoms with E-state index in [1.165, 1.54) is 0 Å². The highest BCUT2D eigenvalue weighted by Crippen LogP contribution is 2.25. The molecule has 0 aromatic heterocycles. The van der Waals surface area contributed by atoms with E-state index in [0.717, 1.165) is 6.42 Å². The van der Waals surface area contributed by atoms with Crippen molar-refractivity contribution < 1.29 is 15.0 Å². The molecule has 16 heavy (non-hydrogen) atoms. The van der Waals surface area contributed by atoms with E-state index < -0.39 is 6.10 Å². The number of hydrogen-bond donors (Lipinski definition) is 3. The third-order valence-electron chi connectivity index (χ3n) is 2.24. The van der Waals surface area contributed by atoms with E-state index in [4.69, 9.17) is 10.2 Å². The molecule has 0 aromatic carbocycles. The average molecular weight is 231 g/mol. The molecule has 2 atom stereocenters. The van der Waals surface area contributed by atoms with Gasteiger partial charge in [0.15, 0.2) is 0 Å². The largest absolute Gasteiger partial charge is 0.394 e. The van der Waals surface area contributed by atoms with Crippen LogP contribution in [0.4, 0.5) is 0 Å². The Labute approximate surface area is 98.1 Å². The Bertz CT molecular complexity index is 211. The second kappa shape index (κ2) is 6.86. The third-order valence-corrected chi connectivity index (χ3v) is 2.24. The van der Waals surface area contributed by atoms with Gasteiger partial charge in [0, 0.05) is 13.0 Å². The van der Waals surface area contributed by atoms with Crippen LogP contribution in [0.3, 0.4) is 0 Å². The van der Waals surface area contributed by atoms with Gasteiger partial charge in [0.05, 0.1) is 12.7 Å². The van der Waals surface area contributed by atoms with Crippen molar-refractivity contribution in [2.45, 2.75) is 46.6 Å². The summed E-state index contributed by atoms with van der Waals surface area (Å²) in [6.45, 7) is 8.30. The molecule has 0 spiro atoms. The van der Waals surface area contributed by atoms with Crippen molar-refractivity contribution in [1.29, 1.82) is 0 Å². The molecule has 0 aliphatic carbocycles. The first kappa shape index (κ1) is 15.4. The SMILES string of the molecule is CC(CC(=O)NCC(O)CO)CC(C)(C)C. The maximum atomic E-state index is 11.5. The molecule has 0 saturated carbocycles. The van der Waals surface area contributed by atoms with E-state index in [0.29, 0.717) is 12.3 Å². The molecule has 0 heterocycles. The standard InChI is InChI=1S/C12H25NO3/c1-9(6-12(2,3)4)5-11(16)13-7-10(15)8-14/h9-10,14-15H,5-8H2,1-4H3,(H,13,16). The van der Waals surface area contributed by atoms with Gasteiger partial charge in [0.25, 0.3) is 0 Å². The lowest BCUT2D eigenvalue weighted by Gasteiger charge is -2.22. The highest BCUT2D eigenvalue weighted by atomic mass is 16.3. The van der Waals surface area contributed by atoms with Crippen molar-refractivity contribution >= 4 is 5.91 Å². The number of carbonyl (C=O) groups is 1. The maximum absolute atomic E-state index is 11.5. The van der Waals surface area contributed by atoms with Gasteiger partial charge in [-0.25, -0.2) is 0 Å². The number of hydrogen-bond acceptors (Lipinski definition) is 3. The van der Waals surface area contributed by atoms with Crippen LogP contribution in [0, 0.1) is 11.3 Å². The molecule has 0 aromatic rings. The monoisotopic (exact) mass is 231 g/mol. The molecule has 96 valence electrons. The fourth-order valence-corrected chi connectivity index (χ4v) is 1.80. The lowest BCUT2D eigenvalue weighted by molar-refractivity contribution is -0.122. The Morgan fingerprint density at radius 1 is 1.38 bits per heavy atom. The molecule has 0 bridgehead atoms. The number of carbonyl (C=O) groups excluding carboxylic acids is 1. The summed E-state index contributed by atoms with van der Waals surface area (Å²) in [5.41, 5.74) is 0.226. The number of nitrogens with one attached hydrogen (secondary N) is 1. The Morgan fingerprint density at radius 2 is 1.94 bits per heavy atom. The molecule has 0 fully saturated rings. The van der Waals surface area contributed by atoms with Crippen LogP contribution in [0.5, 0.6) is 0 Å². The first-order valence-corrected chi connectivity index (χ1v) is 5.80. The molecular formula is C12H25NO3. The fourth-order valence-electron chi connectivity index (χ4n) is 1.80. The topological polar surface area (TPSA) is 69.6 Å². The summed E-state index contributed by atoms with van der Waals surface area (Å²) in [6, 6.07) is 0. The summed E-state index contributed by atoms with van der Waals surface area (Å²) in [5.74, 6) is 0.260. The molecule has 4 nitrogen and oxygen atoms in total. The number of aliphatic hydroxyl groups excluding tert-OH is 2. The second-order valence-electron chi connectivity index (χ2n) is 5.71.